The number of hydrogen-bond acceptors (Lipinski definition) is 4. The minimum absolute atomic E-state index is 0.0353. The highest BCUT2D eigenvalue weighted by atomic mass is 19.4. The fraction of sp³-hybridized carbons (Fsp3) is 0.120. The number of benzene rings is 3. The summed E-state index contributed by atoms with van der Waals surface area (Å²) in [6.07, 6.45) is -4.62. The Morgan fingerprint density at radius 2 is 1.52 bits per heavy atom. The van der Waals surface area contributed by atoms with E-state index in [-0.39, 0.29) is 17.0 Å². The second kappa shape index (κ2) is 8.46. The number of carbonyl (C=O) groups is 2. The van der Waals surface area contributed by atoms with Gasteiger partial charge in [-0.15, -0.1) is 0 Å². The van der Waals surface area contributed by atoms with Gasteiger partial charge in [-0.3, -0.25) is 9.59 Å². The largest absolute Gasteiger partial charge is 0.496 e. The van der Waals surface area contributed by atoms with E-state index >= 15 is 0 Å². The quantitative estimate of drug-likeness (QED) is 0.504. The van der Waals surface area contributed by atoms with Crippen LogP contribution in [0, 0.1) is 0 Å². The van der Waals surface area contributed by atoms with Gasteiger partial charge < -0.3 is 9.64 Å². The van der Waals surface area contributed by atoms with Crippen molar-refractivity contribution in [3.63, 3.8) is 0 Å². The molecule has 5 nitrogen and oxygen atoms in total. The van der Waals surface area contributed by atoms with Crippen molar-refractivity contribution in [2.75, 3.05) is 24.0 Å². The summed E-state index contributed by atoms with van der Waals surface area (Å²) in [6.45, 7) is 0. The molecule has 1 aliphatic heterocycles. The number of nitrogens with zero attached hydrogens (tertiary/aromatic N) is 2. The van der Waals surface area contributed by atoms with Crippen molar-refractivity contribution >= 4 is 28.8 Å². The molecule has 0 radical (unpaired) electrons. The molecule has 33 heavy (non-hydrogen) atoms. The Hall–Kier alpha value is -4.07. The third-order valence-electron chi connectivity index (χ3n) is 5.35. The Morgan fingerprint density at radius 3 is 2.18 bits per heavy atom. The molecule has 3 aromatic rings. The fourth-order valence-corrected chi connectivity index (χ4v) is 3.76. The summed E-state index contributed by atoms with van der Waals surface area (Å²) in [5.74, 6) is -1.10. The highest BCUT2D eigenvalue weighted by molar-refractivity contribution is 6.46. The molecule has 0 spiro atoms. The molecule has 8 heteroatoms. The van der Waals surface area contributed by atoms with Gasteiger partial charge in [-0.1, -0.05) is 42.5 Å². The second-order valence-electron chi connectivity index (χ2n) is 7.31. The highest BCUT2D eigenvalue weighted by Gasteiger charge is 2.43. The van der Waals surface area contributed by atoms with Gasteiger partial charge in [0.15, 0.2) is 0 Å². The Morgan fingerprint density at radius 1 is 0.848 bits per heavy atom. The Balaban J connectivity index is 1.90. The van der Waals surface area contributed by atoms with Crippen LogP contribution >= 0.6 is 0 Å². The van der Waals surface area contributed by atoms with Gasteiger partial charge in [-0.25, -0.2) is 4.90 Å². The molecular weight excluding hydrogens is 433 g/mol. The number of methoxy groups -OCH3 is 1. The summed E-state index contributed by atoms with van der Waals surface area (Å²) < 4.78 is 45.3. The van der Waals surface area contributed by atoms with Crippen LogP contribution < -0.4 is 14.5 Å². The summed E-state index contributed by atoms with van der Waals surface area (Å²) in [5, 5.41) is 0. The minimum atomic E-state index is -4.62. The normalized spacial score (nSPS) is 14.2. The van der Waals surface area contributed by atoms with E-state index in [1.807, 2.05) is 6.07 Å². The van der Waals surface area contributed by atoms with Crippen molar-refractivity contribution in [3.05, 3.63) is 95.7 Å². The number of ether oxygens (including phenoxy) is 1. The Bertz CT molecular complexity index is 1250. The van der Waals surface area contributed by atoms with Gasteiger partial charge in [0.25, 0.3) is 11.8 Å². The van der Waals surface area contributed by atoms with Crippen molar-refractivity contribution in [2.24, 2.45) is 0 Å². The van der Waals surface area contributed by atoms with E-state index in [9.17, 15) is 22.8 Å². The van der Waals surface area contributed by atoms with Crippen molar-refractivity contribution in [1.82, 2.24) is 0 Å². The van der Waals surface area contributed by atoms with Gasteiger partial charge in [0.05, 0.1) is 23.9 Å². The van der Waals surface area contributed by atoms with Crippen LogP contribution in [0.1, 0.15) is 11.1 Å². The van der Waals surface area contributed by atoms with Crippen LogP contribution in [-0.4, -0.2) is 26.0 Å². The van der Waals surface area contributed by atoms with Gasteiger partial charge in [0.2, 0.25) is 0 Å². The maximum Gasteiger partial charge on any atom is 0.416 e. The number of anilines is 2. The second-order valence-corrected chi connectivity index (χ2v) is 7.31. The first-order valence-electron chi connectivity index (χ1n) is 9.96. The zero-order valence-corrected chi connectivity index (χ0v) is 17.8. The standard InChI is InChI=1S/C25H19F3N2O3/c1-29(17-10-4-3-5-11-17)22-21(19-13-6-7-14-20(19)33-2)23(31)30(24(22)32)18-12-8-9-16(15-18)25(26,27)28/h3-15H,1-2H3. The van der Waals surface area contributed by atoms with Gasteiger partial charge in [-0.05, 0) is 36.4 Å². The molecule has 4 rings (SSSR count). The molecule has 168 valence electrons. The summed E-state index contributed by atoms with van der Waals surface area (Å²) in [5.41, 5.74) is -0.0418. The molecule has 0 atom stereocenters. The molecule has 3 aromatic carbocycles. The van der Waals surface area contributed by atoms with E-state index in [0.717, 1.165) is 17.0 Å². The van der Waals surface area contributed by atoms with E-state index in [4.69, 9.17) is 4.74 Å². The van der Waals surface area contributed by atoms with Gasteiger partial charge in [0, 0.05) is 18.3 Å². The first-order chi connectivity index (χ1) is 15.7. The summed E-state index contributed by atoms with van der Waals surface area (Å²) in [6, 6.07) is 19.7. The van der Waals surface area contributed by atoms with Crippen molar-refractivity contribution in [2.45, 2.75) is 6.18 Å². The zero-order chi connectivity index (χ0) is 23.8. The summed E-state index contributed by atoms with van der Waals surface area (Å²) in [4.78, 5) is 29.5. The van der Waals surface area contributed by atoms with Crippen LogP contribution in [0.4, 0.5) is 24.5 Å². The maximum absolute atomic E-state index is 13.6. The number of carbonyl (C=O) groups excluding carboxylic acids is 2. The first-order valence-corrected chi connectivity index (χ1v) is 9.96. The molecule has 1 heterocycles. The number of alkyl halides is 3. The van der Waals surface area contributed by atoms with Crippen LogP contribution in [-0.2, 0) is 15.8 Å². The first kappa shape index (κ1) is 22.1. The lowest BCUT2D eigenvalue weighted by atomic mass is 10.0. The molecule has 1 aliphatic rings. The fourth-order valence-electron chi connectivity index (χ4n) is 3.76. The number of imide groups is 1. The molecule has 0 fully saturated rings. The monoisotopic (exact) mass is 452 g/mol. The number of hydrogen-bond donors (Lipinski definition) is 0. The lowest BCUT2D eigenvalue weighted by Crippen LogP contribution is -2.34. The van der Waals surface area contributed by atoms with Crippen LogP contribution in [0.5, 0.6) is 5.75 Å². The smallest absolute Gasteiger partial charge is 0.416 e. The third-order valence-corrected chi connectivity index (χ3v) is 5.35. The van der Waals surface area contributed by atoms with E-state index in [1.54, 1.807) is 60.5 Å². The zero-order valence-electron chi connectivity index (χ0n) is 17.8. The average Bonchev–Trinajstić information content (AvgIpc) is 3.08. The van der Waals surface area contributed by atoms with Gasteiger partial charge >= 0.3 is 6.18 Å². The van der Waals surface area contributed by atoms with Crippen LogP contribution in [0.3, 0.4) is 0 Å². The topological polar surface area (TPSA) is 49.9 Å². The predicted octanol–water partition coefficient (Wildman–Crippen LogP) is 5.13. The molecule has 0 N–H and O–H groups in total. The lowest BCUT2D eigenvalue weighted by molar-refractivity contribution is -0.137. The number of likely N-dealkylation sites (N-methyl/N-ethyl adjacent to an activating group) is 1. The summed E-state index contributed by atoms with van der Waals surface area (Å²) in [7, 11) is 3.06. The molecule has 0 unspecified atom stereocenters. The SMILES string of the molecule is COc1ccccc1C1=C(N(C)c2ccccc2)C(=O)N(c2cccc(C(F)(F)F)c2)C1=O. The molecule has 0 aromatic heterocycles. The van der Waals surface area contributed by atoms with Crippen molar-refractivity contribution in [3.8, 4) is 5.75 Å². The molecule has 0 saturated carbocycles. The van der Waals surface area contributed by atoms with E-state index in [1.165, 1.54) is 19.2 Å². The summed E-state index contributed by atoms with van der Waals surface area (Å²) >= 11 is 0. The lowest BCUT2D eigenvalue weighted by Gasteiger charge is -2.22. The van der Waals surface area contributed by atoms with Crippen LogP contribution in [0.2, 0.25) is 0 Å². The maximum atomic E-state index is 13.6. The molecule has 0 aliphatic carbocycles. The average molecular weight is 452 g/mol. The van der Waals surface area contributed by atoms with E-state index in [0.29, 0.717) is 17.0 Å². The number of para-hydroxylation sites is 2. The highest BCUT2D eigenvalue weighted by Crippen LogP contribution is 2.40. The molecule has 2 amide bonds. The van der Waals surface area contributed by atoms with Crippen LogP contribution in [0.15, 0.2) is 84.6 Å². The molecule has 0 saturated heterocycles. The predicted molar refractivity (Wildman–Crippen MR) is 119 cm³/mol. The van der Waals surface area contributed by atoms with E-state index in [2.05, 4.69) is 0 Å². The number of halogens is 3. The Kier molecular flexibility index (Phi) is 5.68. The van der Waals surface area contributed by atoms with Crippen molar-refractivity contribution in [1.29, 1.82) is 0 Å². The molecule has 0 bridgehead atoms. The molecular formula is C25H19F3N2O3. The number of amides is 2. The van der Waals surface area contributed by atoms with Gasteiger partial charge in [0.1, 0.15) is 11.4 Å². The van der Waals surface area contributed by atoms with Gasteiger partial charge in [-0.2, -0.15) is 13.2 Å². The minimum Gasteiger partial charge on any atom is -0.496 e. The van der Waals surface area contributed by atoms with Crippen LogP contribution in [0.25, 0.3) is 5.57 Å². The van der Waals surface area contributed by atoms with Crippen molar-refractivity contribution < 1.29 is 27.5 Å². The number of rotatable bonds is 5. The Labute approximate surface area is 188 Å². The third kappa shape index (κ3) is 3.95. The van der Waals surface area contributed by atoms with E-state index < -0.39 is 23.6 Å².